The maximum atomic E-state index is 12.1. The SMILES string of the molecule is CCC(=O)C(C)NC(=O)C(CC)c1ccccc1. The lowest BCUT2D eigenvalue weighted by Gasteiger charge is -2.18. The molecular weight excluding hydrogens is 226 g/mol. The van der Waals surface area contributed by atoms with Crippen LogP contribution in [0.4, 0.5) is 0 Å². The van der Waals surface area contributed by atoms with Gasteiger partial charge in [-0.25, -0.2) is 0 Å². The molecule has 1 amide bonds. The minimum Gasteiger partial charge on any atom is -0.346 e. The predicted molar refractivity (Wildman–Crippen MR) is 72.4 cm³/mol. The molecule has 1 aromatic rings. The fourth-order valence-corrected chi connectivity index (χ4v) is 1.96. The van der Waals surface area contributed by atoms with E-state index in [1.807, 2.05) is 37.3 Å². The van der Waals surface area contributed by atoms with Crippen LogP contribution in [0.15, 0.2) is 30.3 Å². The first-order chi connectivity index (χ1) is 8.60. The van der Waals surface area contributed by atoms with Gasteiger partial charge in [-0.2, -0.15) is 0 Å². The lowest BCUT2D eigenvalue weighted by atomic mass is 9.95. The van der Waals surface area contributed by atoms with Gasteiger partial charge in [-0.05, 0) is 18.9 Å². The molecule has 0 saturated carbocycles. The highest BCUT2D eigenvalue weighted by molar-refractivity contribution is 5.91. The number of amides is 1. The second kappa shape index (κ2) is 6.94. The van der Waals surface area contributed by atoms with Crippen molar-refractivity contribution in [2.24, 2.45) is 0 Å². The summed E-state index contributed by atoms with van der Waals surface area (Å²) in [6.07, 6.45) is 1.17. The number of nitrogens with one attached hydrogen (secondary N) is 1. The van der Waals surface area contributed by atoms with E-state index in [-0.39, 0.29) is 17.6 Å². The summed E-state index contributed by atoms with van der Waals surface area (Å²) in [5.74, 6) is -0.192. The van der Waals surface area contributed by atoms with Gasteiger partial charge in [-0.1, -0.05) is 44.2 Å². The predicted octanol–water partition coefficient (Wildman–Crippen LogP) is 2.66. The Kier molecular flexibility index (Phi) is 5.56. The molecule has 0 saturated heterocycles. The van der Waals surface area contributed by atoms with Crippen molar-refractivity contribution >= 4 is 11.7 Å². The summed E-state index contributed by atoms with van der Waals surface area (Å²) in [4.78, 5) is 23.6. The highest BCUT2D eigenvalue weighted by Crippen LogP contribution is 2.19. The second-order valence-corrected chi connectivity index (χ2v) is 4.42. The third-order valence-electron chi connectivity index (χ3n) is 3.12. The summed E-state index contributed by atoms with van der Waals surface area (Å²) in [7, 11) is 0. The van der Waals surface area contributed by atoms with E-state index in [9.17, 15) is 9.59 Å². The molecule has 18 heavy (non-hydrogen) atoms. The minimum atomic E-state index is -0.403. The van der Waals surface area contributed by atoms with Crippen molar-refractivity contribution in [1.82, 2.24) is 5.32 Å². The van der Waals surface area contributed by atoms with Gasteiger partial charge in [-0.3, -0.25) is 9.59 Å². The Labute approximate surface area is 109 Å². The first-order valence-corrected chi connectivity index (χ1v) is 6.48. The maximum Gasteiger partial charge on any atom is 0.228 e. The van der Waals surface area contributed by atoms with Crippen LogP contribution in [0.3, 0.4) is 0 Å². The number of ketones is 1. The zero-order valence-corrected chi connectivity index (χ0v) is 11.3. The third-order valence-corrected chi connectivity index (χ3v) is 3.12. The zero-order valence-electron chi connectivity index (χ0n) is 11.3. The molecule has 0 aromatic heterocycles. The van der Waals surface area contributed by atoms with E-state index in [1.54, 1.807) is 13.8 Å². The van der Waals surface area contributed by atoms with Crippen LogP contribution < -0.4 is 5.32 Å². The molecule has 1 aromatic carbocycles. The van der Waals surface area contributed by atoms with E-state index in [1.165, 1.54) is 0 Å². The molecule has 2 unspecified atom stereocenters. The first kappa shape index (κ1) is 14.4. The molecule has 3 nitrogen and oxygen atoms in total. The van der Waals surface area contributed by atoms with Crippen molar-refractivity contribution in [1.29, 1.82) is 0 Å². The van der Waals surface area contributed by atoms with Gasteiger partial charge in [0, 0.05) is 6.42 Å². The van der Waals surface area contributed by atoms with Crippen LogP contribution in [0.1, 0.15) is 45.1 Å². The summed E-state index contributed by atoms with van der Waals surface area (Å²) in [6, 6.07) is 9.26. The number of Topliss-reactive ketones (excluding diaryl/α,β-unsaturated/α-hetero) is 1. The molecule has 0 bridgehead atoms. The van der Waals surface area contributed by atoms with Crippen LogP contribution in [-0.4, -0.2) is 17.7 Å². The van der Waals surface area contributed by atoms with Crippen molar-refractivity contribution < 1.29 is 9.59 Å². The normalized spacial score (nSPS) is 13.7. The van der Waals surface area contributed by atoms with E-state index >= 15 is 0 Å². The van der Waals surface area contributed by atoms with Gasteiger partial charge < -0.3 is 5.32 Å². The van der Waals surface area contributed by atoms with Crippen molar-refractivity contribution in [2.75, 3.05) is 0 Å². The van der Waals surface area contributed by atoms with Crippen LogP contribution in [0.25, 0.3) is 0 Å². The van der Waals surface area contributed by atoms with Gasteiger partial charge in [-0.15, -0.1) is 0 Å². The van der Waals surface area contributed by atoms with Gasteiger partial charge in [0.2, 0.25) is 5.91 Å². The van der Waals surface area contributed by atoms with Gasteiger partial charge in [0.1, 0.15) is 0 Å². The second-order valence-electron chi connectivity index (χ2n) is 4.42. The van der Waals surface area contributed by atoms with Crippen LogP contribution in [0.5, 0.6) is 0 Å². The molecule has 0 aliphatic rings. The Balaban J connectivity index is 2.72. The van der Waals surface area contributed by atoms with Crippen molar-refractivity contribution in [2.45, 2.75) is 45.6 Å². The lowest BCUT2D eigenvalue weighted by molar-refractivity contribution is -0.128. The van der Waals surface area contributed by atoms with Crippen LogP contribution in [0, 0.1) is 0 Å². The average Bonchev–Trinajstić information content (AvgIpc) is 2.39. The van der Waals surface area contributed by atoms with Crippen molar-refractivity contribution in [3.8, 4) is 0 Å². The number of carbonyl (C=O) groups excluding carboxylic acids is 2. The summed E-state index contributed by atoms with van der Waals surface area (Å²) in [5.41, 5.74) is 0.994. The molecular formula is C15H21NO2. The first-order valence-electron chi connectivity index (χ1n) is 6.48. The van der Waals surface area contributed by atoms with Gasteiger partial charge in [0.25, 0.3) is 0 Å². The van der Waals surface area contributed by atoms with Crippen molar-refractivity contribution in [3.05, 3.63) is 35.9 Å². The summed E-state index contributed by atoms with van der Waals surface area (Å²) in [5, 5.41) is 2.79. The molecule has 1 rings (SSSR count). The van der Waals surface area contributed by atoms with Gasteiger partial charge in [0.15, 0.2) is 5.78 Å². The van der Waals surface area contributed by atoms with E-state index in [0.29, 0.717) is 6.42 Å². The molecule has 3 heteroatoms. The number of rotatable bonds is 6. The lowest BCUT2D eigenvalue weighted by Crippen LogP contribution is -2.40. The molecule has 0 radical (unpaired) electrons. The monoisotopic (exact) mass is 247 g/mol. The fraction of sp³-hybridized carbons (Fsp3) is 0.467. The quantitative estimate of drug-likeness (QED) is 0.840. The molecule has 0 fully saturated rings. The third kappa shape index (κ3) is 3.69. The number of benzene rings is 1. The molecule has 2 atom stereocenters. The number of carbonyl (C=O) groups is 2. The summed E-state index contributed by atoms with van der Waals surface area (Å²) in [6.45, 7) is 5.52. The zero-order chi connectivity index (χ0) is 13.5. The summed E-state index contributed by atoms with van der Waals surface area (Å²) < 4.78 is 0. The largest absolute Gasteiger partial charge is 0.346 e. The van der Waals surface area contributed by atoms with E-state index in [4.69, 9.17) is 0 Å². The Morgan fingerprint density at radius 2 is 1.78 bits per heavy atom. The molecule has 0 heterocycles. The smallest absolute Gasteiger partial charge is 0.228 e. The Bertz CT molecular complexity index is 400. The fourth-order valence-electron chi connectivity index (χ4n) is 1.96. The van der Waals surface area contributed by atoms with Crippen LogP contribution >= 0.6 is 0 Å². The Hall–Kier alpha value is -1.64. The van der Waals surface area contributed by atoms with E-state index in [2.05, 4.69) is 5.32 Å². The Morgan fingerprint density at radius 1 is 1.17 bits per heavy atom. The molecule has 0 aliphatic carbocycles. The highest BCUT2D eigenvalue weighted by Gasteiger charge is 2.21. The molecule has 1 N–H and O–H groups in total. The standard InChI is InChI=1S/C15H21NO2/c1-4-13(12-9-7-6-8-10-12)15(18)16-11(3)14(17)5-2/h6-11,13H,4-5H2,1-3H3,(H,16,18). The number of hydrogen-bond donors (Lipinski definition) is 1. The average molecular weight is 247 g/mol. The van der Waals surface area contributed by atoms with Crippen molar-refractivity contribution in [3.63, 3.8) is 0 Å². The van der Waals surface area contributed by atoms with Crippen LogP contribution in [-0.2, 0) is 9.59 Å². The summed E-state index contributed by atoms with van der Waals surface area (Å²) >= 11 is 0. The van der Waals surface area contributed by atoms with Gasteiger partial charge in [0.05, 0.1) is 12.0 Å². The Morgan fingerprint density at radius 3 is 2.28 bits per heavy atom. The molecule has 0 spiro atoms. The highest BCUT2D eigenvalue weighted by atomic mass is 16.2. The topological polar surface area (TPSA) is 46.2 Å². The minimum absolute atomic E-state index is 0.0614. The maximum absolute atomic E-state index is 12.1. The van der Waals surface area contributed by atoms with Gasteiger partial charge >= 0.3 is 0 Å². The van der Waals surface area contributed by atoms with E-state index in [0.717, 1.165) is 12.0 Å². The molecule has 0 aliphatic heterocycles. The number of hydrogen-bond acceptors (Lipinski definition) is 2. The molecule has 98 valence electrons. The van der Waals surface area contributed by atoms with Crippen LogP contribution in [0.2, 0.25) is 0 Å². The van der Waals surface area contributed by atoms with E-state index < -0.39 is 6.04 Å².